The molecule has 10 heteroatoms. The Bertz CT molecular complexity index is 799. The van der Waals surface area contributed by atoms with Crippen LogP contribution in [0.2, 0.25) is 5.02 Å². The van der Waals surface area contributed by atoms with Crippen molar-refractivity contribution in [2.24, 2.45) is 0 Å². The fraction of sp³-hybridized carbons (Fsp3) is 0.125. The summed E-state index contributed by atoms with van der Waals surface area (Å²) in [6.07, 6.45) is -1.07. The lowest BCUT2D eigenvalue weighted by Crippen LogP contribution is -2.56. The number of halogens is 5. The van der Waals surface area contributed by atoms with Crippen LogP contribution in [0.4, 0.5) is 5.69 Å². The van der Waals surface area contributed by atoms with E-state index in [0.717, 1.165) is 10.2 Å². The highest BCUT2D eigenvalue weighted by Gasteiger charge is 2.34. The maximum absolute atomic E-state index is 12.4. The minimum absolute atomic E-state index is 0.176. The Balaban J connectivity index is 2.06. The summed E-state index contributed by atoms with van der Waals surface area (Å²) >= 11 is 32.4. The van der Waals surface area contributed by atoms with E-state index in [2.05, 4.69) is 31.9 Å². The molecule has 3 N–H and O–H groups in total. The van der Waals surface area contributed by atoms with Crippen LogP contribution < -0.4 is 16.0 Å². The Labute approximate surface area is 184 Å². The first-order valence-electron chi connectivity index (χ1n) is 7.11. The van der Waals surface area contributed by atoms with Crippen LogP contribution in [0.1, 0.15) is 10.4 Å². The predicted molar refractivity (Wildman–Crippen MR) is 116 cm³/mol. The number of amides is 1. The second-order valence-electron chi connectivity index (χ2n) is 5.06. The molecule has 0 fully saturated rings. The van der Waals surface area contributed by atoms with Crippen molar-refractivity contribution < 1.29 is 4.79 Å². The van der Waals surface area contributed by atoms with Crippen LogP contribution >= 0.6 is 74.6 Å². The number of nitrogens with one attached hydrogen (secondary N) is 3. The van der Waals surface area contributed by atoms with Gasteiger partial charge >= 0.3 is 0 Å². The zero-order chi connectivity index (χ0) is 19.3. The summed E-state index contributed by atoms with van der Waals surface area (Å²) in [5.74, 6) is -0.470. The summed E-state index contributed by atoms with van der Waals surface area (Å²) in [4.78, 5) is 12.4. The van der Waals surface area contributed by atoms with Gasteiger partial charge in [0, 0.05) is 20.7 Å². The van der Waals surface area contributed by atoms with Crippen LogP contribution in [0, 0.1) is 0 Å². The SMILES string of the molecule is O=C(N[C@H](NC(=S)Nc1ccc(Br)cc1)C(Cl)(Cl)Cl)c1cccc(Cl)c1. The smallest absolute Gasteiger partial charge is 0.253 e. The van der Waals surface area contributed by atoms with E-state index in [0.29, 0.717) is 10.6 Å². The normalized spacial score (nSPS) is 12.2. The van der Waals surface area contributed by atoms with Crippen LogP contribution in [0.3, 0.4) is 0 Å². The van der Waals surface area contributed by atoms with Gasteiger partial charge in [0.15, 0.2) is 5.11 Å². The molecule has 2 aromatic carbocycles. The lowest BCUT2D eigenvalue weighted by Gasteiger charge is -2.27. The van der Waals surface area contributed by atoms with E-state index in [-0.39, 0.29) is 5.11 Å². The molecule has 0 heterocycles. The molecule has 0 saturated carbocycles. The largest absolute Gasteiger partial charge is 0.339 e. The van der Waals surface area contributed by atoms with E-state index < -0.39 is 15.9 Å². The third-order valence-electron chi connectivity index (χ3n) is 3.07. The molecule has 1 atom stereocenters. The van der Waals surface area contributed by atoms with Crippen molar-refractivity contribution in [1.29, 1.82) is 0 Å². The van der Waals surface area contributed by atoms with Crippen molar-refractivity contribution in [3.05, 3.63) is 63.6 Å². The number of rotatable bonds is 4. The molecule has 0 radical (unpaired) electrons. The lowest BCUT2D eigenvalue weighted by molar-refractivity contribution is 0.0934. The number of hydrogen-bond donors (Lipinski definition) is 3. The zero-order valence-electron chi connectivity index (χ0n) is 12.9. The Kier molecular flexibility index (Phi) is 7.82. The monoisotopic (exact) mass is 513 g/mol. The molecule has 0 saturated heterocycles. The first-order valence-corrected chi connectivity index (χ1v) is 9.83. The molecule has 0 aliphatic carbocycles. The van der Waals surface area contributed by atoms with Gasteiger partial charge in [-0.2, -0.15) is 0 Å². The van der Waals surface area contributed by atoms with Crippen LogP contribution in [-0.2, 0) is 0 Å². The summed E-state index contributed by atoms with van der Waals surface area (Å²) in [6, 6.07) is 13.7. The molecule has 0 spiro atoms. The van der Waals surface area contributed by atoms with Gasteiger partial charge in [0.2, 0.25) is 3.79 Å². The van der Waals surface area contributed by atoms with Crippen molar-refractivity contribution in [3.63, 3.8) is 0 Å². The summed E-state index contributed by atoms with van der Waals surface area (Å²) in [5, 5.41) is 8.91. The number of thiocarbonyl (C=S) groups is 1. The molecule has 0 unspecified atom stereocenters. The van der Waals surface area contributed by atoms with E-state index in [4.69, 9.17) is 58.6 Å². The first-order chi connectivity index (χ1) is 12.1. The van der Waals surface area contributed by atoms with E-state index in [9.17, 15) is 4.79 Å². The predicted octanol–water partition coefficient (Wildman–Crippen LogP) is 5.52. The van der Waals surface area contributed by atoms with Gasteiger partial charge in [-0.15, -0.1) is 0 Å². The van der Waals surface area contributed by atoms with Gasteiger partial charge in [-0.3, -0.25) is 4.79 Å². The second-order valence-corrected chi connectivity index (χ2v) is 9.19. The second kappa shape index (κ2) is 9.44. The summed E-state index contributed by atoms with van der Waals surface area (Å²) in [5.41, 5.74) is 1.06. The molecule has 138 valence electrons. The fourth-order valence-corrected chi connectivity index (χ4v) is 2.89. The maximum atomic E-state index is 12.4. The number of alkyl halides is 3. The van der Waals surface area contributed by atoms with Crippen molar-refractivity contribution in [2.45, 2.75) is 9.96 Å². The molecule has 4 nitrogen and oxygen atoms in total. The molecule has 0 aromatic heterocycles. The van der Waals surface area contributed by atoms with Gasteiger partial charge in [0.25, 0.3) is 5.91 Å². The number of hydrogen-bond acceptors (Lipinski definition) is 2. The lowest BCUT2D eigenvalue weighted by atomic mass is 10.2. The topological polar surface area (TPSA) is 53.2 Å². The van der Waals surface area contributed by atoms with E-state index in [1.54, 1.807) is 18.2 Å². The van der Waals surface area contributed by atoms with Gasteiger partial charge in [0.05, 0.1) is 0 Å². The first kappa shape index (κ1) is 21.5. The highest BCUT2D eigenvalue weighted by Crippen LogP contribution is 2.29. The number of benzene rings is 2. The third kappa shape index (κ3) is 6.76. The quantitative estimate of drug-likeness (QED) is 0.285. The van der Waals surface area contributed by atoms with Crippen LogP contribution in [0.15, 0.2) is 53.0 Å². The maximum Gasteiger partial charge on any atom is 0.253 e. The molecular weight excluding hydrogens is 504 g/mol. The molecule has 2 rings (SSSR count). The van der Waals surface area contributed by atoms with Crippen molar-refractivity contribution in [1.82, 2.24) is 10.6 Å². The van der Waals surface area contributed by atoms with Crippen molar-refractivity contribution >= 4 is 91.3 Å². The number of carbonyl (C=O) groups excluding carboxylic acids is 1. The van der Waals surface area contributed by atoms with Crippen LogP contribution in [0.5, 0.6) is 0 Å². The van der Waals surface area contributed by atoms with Crippen molar-refractivity contribution in [2.75, 3.05) is 5.32 Å². The summed E-state index contributed by atoms with van der Waals surface area (Å²) < 4.78 is -0.922. The van der Waals surface area contributed by atoms with Crippen LogP contribution in [0.25, 0.3) is 0 Å². The molecule has 0 bridgehead atoms. The van der Waals surface area contributed by atoms with Gasteiger partial charge in [-0.25, -0.2) is 0 Å². The fourth-order valence-electron chi connectivity index (χ4n) is 1.88. The minimum atomic E-state index is -1.85. The molecule has 26 heavy (non-hydrogen) atoms. The third-order valence-corrected chi connectivity index (χ3v) is 4.71. The van der Waals surface area contributed by atoms with Gasteiger partial charge in [-0.05, 0) is 54.7 Å². The van der Waals surface area contributed by atoms with Gasteiger partial charge < -0.3 is 16.0 Å². The Morgan fingerprint density at radius 3 is 2.31 bits per heavy atom. The molecule has 2 aromatic rings. The highest BCUT2D eigenvalue weighted by molar-refractivity contribution is 9.10. The molecule has 0 aliphatic rings. The number of carbonyl (C=O) groups is 1. The Morgan fingerprint density at radius 1 is 1.08 bits per heavy atom. The van der Waals surface area contributed by atoms with E-state index in [1.165, 1.54) is 6.07 Å². The molecule has 1 amide bonds. The van der Waals surface area contributed by atoms with Gasteiger partial charge in [0.1, 0.15) is 6.17 Å². The van der Waals surface area contributed by atoms with E-state index in [1.807, 2.05) is 24.3 Å². The zero-order valence-corrected chi connectivity index (χ0v) is 18.3. The summed E-state index contributed by atoms with van der Waals surface area (Å²) in [7, 11) is 0. The highest BCUT2D eigenvalue weighted by atomic mass is 79.9. The Morgan fingerprint density at radius 2 is 1.73 bits per heavy atom. The molecule has 0 aliphatic heterocycles. The Hall–Kier alpha value is -0.760. The van der Waals surface area contributed by atoms with E-state index >= 15 is 0 Å². The minimum Gasteiger partial charge on any atom is -0.339 e. The summed E-state index contributed by atoms with van der Waals surface area (Å²) in [6.45, 7) is 0. The average Bonchev–Trinajstić information content (AvgIpc) is 2.55. The van der Waals surface area contributed by atoms with Crippen LogP contribution in [-0.4, -0.2) is 21.0 Å². The van der Waals surface area contributed by atoms with Gasteiger partial charge in [-0.1, -0.05) is 68.4 Å². The standard InChI is InChI=1S/C16H12BrCl4N3OS/c17-10-4-6-12(7-5-10)22-15(26)24-14(16(19,20)21)23-13(25)9-2-1-3-11(18)8-9/h1-8,14H,(H,23,25)(H2,22,24,26)/t14-/m1/s1. The molecular formula is C16H12BrCl4N3OS. The van der Waals surface area contributed by atoms with Crippen molar-refractivity contribution in [3.8, 4) is 0 Å². The number of anilines is 1. The average molecular weight is 516 g/mol.